The Morgan fingerprint density at radius 3 is 0.907 bits per heavy atom. The van der Waals surface area contributed by atoms with Crippen LogP contribution in [-0.4, -0.2) is 37.7 Å². The standard InChI is InChI=1S/3C12H10O2.Ga/c3*1-8-3-2-4-9-5-6-10(12(13)14)7-11(8)9;/h3*2-7H,1H3,(H,13,14);/q;;;+3/p-3. The summed E-state index contributed by atoms with van der Waals surface area (Å²) in [6, 6.07) is 32.7. The fourth-order valence-electron chi connectivity index (χ4n) is 4.67. The molecule has 0 unspecified atom stereocenters. The van der Waals surface area contributed by atoms with E-state index in [1.165, 1.54) is 0 Å². The molecule has 0 heterocycles. The van der Waals surface area contributed by atoms with Crippen molar-refractivity contribution < 1.29 is 29.7 Å². The van der Waals surface area contributed by atoms with Crippen LogP contribution in [0.2, 0.25) is 0 Å². The van der Waals surface area contributed by atoms with Gasteiger partial charge in [-0.1, -0.05) is 91.0 Å². The minimum absolute atomic E-state index is 0. The average molecular weight is 625 g/mol. The molecular formula is C36H27GaO6. The van der Waals surface area contributed by atoms with Gasteiger partial charge in [-0.15, -0.1) is 0 Å². The van der Waals surface area contributed by atoms with E-state index in [0.717, 1.165) is 49.0 Å². The Kier molecular flexibility index (Phi) is 10.9. The van der Waals surface area contributed by atoms with E-state index in [-0.39, 0.29) is 36.5 Å². The number of carboxylic acid groups (broad SMARTS) is 3. The number of aromatic carboxylic acids is 3. The number of fused-ring (bicyclic) bond motifs is 3. The maximum absolute atomic E-state index is 10.6. The number of carboxylic acids is 3. The van der Waals surface area contributed by atoms with Crippen LogP contribution in [0.1, 0.15) is 47.8 Å². The maximum atomic E-state index is 10.6. The summed E-state index contributed by atoms with van der Waals surface area (Å²) in [5, 5.41) is 38.0. The molecule has 43 heavy (non-hydrogen) atoms. The van der Waals surface area contributed by atoms with Gasteiger partial charge in [0.05, 0.1) is 17.9 Å². The summed E-state index contributed by atoms with van der Waals surface area (Å²) in [7, 11) is 0. The first-order valence-electron chi connectivity index (χ1n) is 13.2. The summed E-state index contributed by atoms with van der Waals surface area (Å²) in [4.78, 5) is 31.9. The van der Waals surface area contributed by atoms with Crippen LogP contribution in [0.5, 0.6) is 0 Å². The van der Waals surface area contributed by atoms with E-state index in [1.807, 2.05) is 75.4 Å². The summed E-state index contributed by atoms with van der Waals surface area (Å²) in [6.07, 6.45) is 0. The minimum atomic E-state index is -1.13. The number of carbonyl (C=O) groups excluding carboxylic acids is 3. The third kappa shape index (κ3) is 7.91. The van der Waals surface area contributed by atoms with E-state index in [2.05, 4.69) is 0 Å². The number of carbonyl (C=O) groups is 3. The van der Waals surface area contributed by atoms with Crippen LogP contribution in [0.3, 0.4) is 0 Å². The minimum Gasteiger partial charge on any atom is -0.545 e. The van der Waals surface area contributed by atoms with Crippen LogP contribution in [0, 0.1) is 20.8 Å². The molecule has 0 N–H and O–H groups in total. The van der Waals surface area contributed by atoms with Gasteiger partial charge in [-0.2, -0.15) is 0 Å². The fraction of sp³-hybridized carbons (Fsp3) is 0.0833. The Bertz CT molecular complexity index is 1740. The molecule has 6 nitrogen and oxygen atoms in total. The average Bonchev–Trinajstić information content (AvgIpc) is 2.98. The smallest absolute Gasteiger partial charge is 0.545 e. The zero-order valence-corrected chi connectivity index (χ0v) is 26.3. The Labute approximate surface area is 262 Å². The molecule has 0 fully saturated rings. The van der Waals surface area contributed by atoms with Gasteiger partial charge >= 0.3 is 19.8 Å². The summed E-state index contributed by atoms with van der Waals surface area (Å²) in [6.45, 7) is 5.88. The zero-order chi connectivity index (χ0) is 30.4. The van der Waals surface area contributed by atoms with Crippen molar-refractivity contribution in [3.63, 3.8) is 0 Å². The molecule has 6 rings (SSSR count). The van der Waals surface area contributed by atoms with Crippen LogP contribution >= 0.6 is 0 Å². The van der Waals surface area contributed by atoms with E-state index >= 15 is 0 Å². The van der Waals surface area contributed by atoms with Gasteiger partial charge in [-0.3, -0.25) is 0 Å². The van der Waals surface area contributed by atoms with Gasteiger partial charge in [0.2, 0.25) is 0 Å². The largest absolute Gasteiger partial charge is 3.00 e. The maximum Gasteiger partial charge on any atom is 3.00 e. The van der Waals surface area contributed by atoms with Crippen molar-refractivity contribution in [3.05, 3.63) is 143 Å². The second kappa shape index (κ2) is 14.4. The van der Waals surface area contributed by atoms with Crippen molar-refractivity contribution in [2.45, 2.75) is 20.8 Å². The molecule has 6 aromatic rings. The molecule has 210 valence electrons. The molecule has 0 aliphatic rings. The van der Waals surface area contributed by atoms with Gasteiger partial charge in [0, 0.05) is 0 Å². The molecular weight excluding hydrogens is 598 g/mol. The van der Waals surface area contributed by atoms with Gasteiger partial charge in [0.15, 0.2) is 0 Å². The van der Waals surface area contributed by atoms with Crippen molar-refractivity contribution in [2.75, 3.05) is 0 Å². The van der Waals surface area contributed by atoms with E-state index in [4.69, 9.17) is 0 Å². The van der Waals surface area contributed by atoms with Crippen molar-refractivity contribution in [1.82, 2.24) is 0 Å². The number of hydrogen-bond donors (Lipinski definition) is 0. The summed E-state index contributed by atoms with van der Waals surface area (Å²) >= 11 is 0. The molecule has 0 radical (unpaired) electrons. The van der Waals surface area contributed by atoms with Crippen LogP contribution in [0.15, 0.2) is 109 Å². The predicted molar refractivity (Wildman–Crippen MR) is 165 cm³/mol. The molecule has 6 aromatic carbocycles. The monoisotopic (exact) mass is 624 g/mol. The van der Waals surface area contributed by atoms with Gasteiger partial charge in [0.1, 0.15) is 0 Å². The normalized spacial score (nSPS) is 10.1. The number of benzene rings is 6. The second-order valence-corrected chi connectivity index (χ2v) is 9.89. The van der Waals surface area contributed by atoms with E-state index in [0.29, 0.717) is 0 Å². The fourth-order valence-corrected chi connectivity index (χ4v) is 4.67. The number of rotatable bonds is 3. The molecule has 0 atom stereocenters. The molecule has 7 heteroatoms. The van der Waals surface area contributed by atoms with Crippen LogP contribution in [0.4, 0.5) is 0 Å². The van der Waals surface area contributed by atoms with Crippen molar-refractivity contribution in [1.29, 1.82) is 0 Å². The molecule has 0 aliphatic heterocycles. The summed E-state index contributed by atoms with van der Waals surface area (Å²) in [5.74, 6) is -3.39. The van der Waals surface area contributed by atoms with Crippen molar-refractivity contribution in [2.24, 2.45) is 0 Å². The van der Waals surface area contributed by atoms with Gasteiger partial charge in [-0.05, 0) is 105 Å². The third-order valence-corrected chi connectivity index (χ3v) is 7.01. The summed E-state index contributed by atoms with van der Waals surface area (Å²) in [5.41, 5.74) is 3.91. The Balaban J connectivity index is 0.000000175. The summed E-state index contributed by atoms with van der Waals surface area (Å²) < 4.78 is 0. The predicted octanol–water partition coefficient (Wildman–Crippen LogP) is 4.15. The van der Waals surface area contributed by atoms with E-state index < -0.39 is 17.9 Å². The van der Waals surface area contributed by atoms with Crippen LogP contribution < -0.4 is 15.3 Å². The topological polar surface area (TPSA) is 120 Å². The zero-order valence-electron chi connectivity index (χ0n) is 23.9. The quantitative estimate of drug-likeness (QED) is 0.273. The Hall–Kier alpha value is -4.85. The molecule has 0 saturated carbocycles. The Morgan fingerprint density at radius 1 is 0.419 bits per heavy atom. The molecule has 0 aromatic heterocycles. The van der Waals surface area contributed by atoms with Crippen molar-refractivity contribution in [3.8, 4) is 0 Å². The molecule has 0 aliphatic carbocycles. The SMILES string of the molecule is Cc1cccc2ccc(C(=O)[O-])cc12.Cc1cccc2ccc(C(=O)[O-])cc12.Cc1cccc2ccc(C(=O)[O-])cc12.[Ga+3]. The van der Waals surface area contributed by atoms with Gasteiger partial charge in [0.25, 0.3) is 0 Å². The van der Waals surface area contributed by atoms with Gasteiger partial charge < -0.3 is 29.7 Å². The molecule has 0 spiro atoms. The molecule has 0 amide bonds. The van der Waals surface area contributed by atoms with Gasteiger partial charge in [-0.25, -0.2) is 0 Å². The molecule has 0 bridgehead atoms. The van der Waals surface area contributed by atoms with E-state index in [9.17, 15) is 29.7 Å². The first-order chi connectivity index (χ1) is 20.0. The number of hydrogen-bond acceptors (Lipinski definition) is 6. The van der Waals surface area contributed by atoms with E-state index in [1.54, 1.807) is 54.6 Å². The van der Waals surface area contributed by atoms with Crippen molar-refractivity contribution >= 4 is 70.0 Å². The number of aryl methyl sites for hydroxylation is 3. The first-order valence-corrected chi connectivity index (χ1v) is 13.2. The second-order valence-electron chi connectivity index (χ2n) is 9.89. The van der Waals surface area contributed by atoms with Crippen LogP contribution in [0.25, 0.3) is 32.3 Å². The Morgan fingerprint density at radius 2 is 0.674 bits per heavy atom. The van der Waals surface area contributed by atoms with Crippen LogP contribution in [-0.2, 0) is 0 Å². The molecule has 0 saturated heterocycles. The first kappa shape index (κ1) is 32.7. The third-order valence-electron chi connectivity index (χ3n) is 7.01.